The molecule has 1 aromatic rings. The smallest absolute Gasteiger partial charge is 0.137 e. The molecule has 5 heteroatoms. The molecule has 2 rings (SSSR count). The highest BCUT2D eigenvalue weighted by molar-refractivity contribution is 6.30. The molecule has 0 spiro atoms. The van der Waals surface area contributed by atoms with Gasteiger partial charge in [-0.3, -0.25) is 0 Å². The van der Waals surface area contributed by atoms with Crippen molar-refractivity contribution in [2.24, 2.45) is 5.41 Å². The van der Waals surface area contributed by atoms with Crippen LogP contribution in [-0.4, -0.2) is 28.2 Å². The molecule has 1 aliphatic carbocycles. The Labute approximate surface area is 113 Å². The summed E-state index contributed by atoms with van der Waals surface area (Å²) in [5.74, 6) is 0.772. The second-order valence-corrected chi connectivity index (χ2v) is 5.57. The minimum Gasteiger partial charge on any atom is -0.396 e. The van der Waals surface area contributed by atoms with E-state index in [1.54, 1.807) is 0 Å². The van der Waals surface area contributed by atoms with E-state index in [2.05, 4.69) is 15.3 Å². The van der Waals surface area contributed by atoms with Crippen molar-refractivity contribution in [3.63, 3.8) is 0 Å². The van der Waals surface area contributed by atoms with Crippen LogP contribution < -0.4 is 5.32 Å². The molecule has 2 N–H and O–H groups in total. The maximum Gasteiger partial charge on any atom is 0.137 e. The van der Waals surface area contributed by atoms with Crippen LogP contribution in [0, 0.1) is 12.3 Å². The summed E-state index contributed by atoms with van der Waals surface area (Å²) in [6.45, 7) is 2.88. The average molecular weight is 270 g/mol. The summed E-state index contributed by atoms with van der Waals surface area (Å²) < 4.78 is 0. The maximum atomic E-state index is 9.64. The molecule has 0 aromatic carbocycles. The first-order chi connectivity index (χ1) is 8.67. The summed E-state index contributed by atoms with van der Waals surface area (Å²) in [6, 6.07) is 0. The predicted molar refractivity (Wildman–Crippen MR) is 72.9 cm³/mol. The molecule has 18 heavy (non-hydrogen) atoms. The van der Waals surface area contributed by atoms with Crippen LogP contribution in [0.4, 0.5) is 5.82 Å². The quantitative estimate of drug-likeness (QED) is 0.826. The van der Waals surface area contributed by atoms with Crippen molar-refractivity contribution in [3.05, 3.63) is 17.0 Å². The van der Waals surface area contributed by atoms with Crippen LogP contribution in [0.15, 0.2) is 6.33 Å². The molecule has 1 heterocycles. The van der Waals surface area contributed by atoms with Crippen LogP contribution in [0.25, 0.3) is 0 Å². The van der Waals surface area contributed by atoms with Crippen molar-refractivity contribution in [2.75, 3.05) is 18.5 Å². The molecule has 4 nitrogen and oxygen atoms in total. The largest absolute Gasteiger partial charge is 0.396 e. The topological polar surface area (TPSA) is 58.0 Å². The Morgan fingerprint density at radius 2 is 2.06 bits per heavy atom. The van der Waals surface area contributed by atoms with Gasteiger partial charge in [0, 0.05) is 17.5 Å². The second-order valence-electron chi connectivity index (χ2n) is 5.21. The van der Waals surface area contributed by atoms with Gasteiger partial charge in [0.25, 0.3) is 0 Å². The maximum absolute atomic E-state index is 9.64. The van der Waals surface area contributed by atoms with Gasteiger partial charge in [0.05, 0.1) is 6.61 Å². The van der Waals surface area contributed by atoms with Gasteiger partial charge in [-0.05, 0) is 19.8 Å². The van der Waals surface area contributed by atoms with Crippen molar-refractivity contribution in [1.29, 1.82) is 0 Å². The van der Waals surface area contributed by atoms with E-state index in [9.17, 15) is 5.11 Å². The van der Waals surface area contributed by atoms with E-state index >= 15 is 0 Å². The first-order valence-corrected chi connectivity index (χ1v) is 6.86. The van der Waals surface area contributed by atoms with Gasteiger partial charge in [-0.2, -0.15) is 0 Å². The lowest BCUT2D eigenvalue weighted by molar-refractivity contribution is 0.0943. The molecule has 0 atom stereocenters. The average Bonchev–Trinajstić information content (AvgIpc) is 2.41. The van der Waals surface area contributed by atoms with E-state index in [-0.39, 0.29) is 12.0 Å². The van der Waals surface area contributed by atoms with Crippen molar-refractivity contribution in [1.82, 2.24) is 9.97 Å². The second kappa shape index (κ2) is 5.85. The summed E-state index contributed by atoms with van der Waals surface area (Å²) in [6.07, 6.45) is 7.30. The predicted octanol–water partition coefficient (Wildman–Crippen LogP) is 2.79. The van der Waals surface area contributed by atoms with E-state index in [0.29, 0.717) is 5.15 Å². The molecule has 0 radical (unpaired) electrons. The van der Waals surface area contributed by atoms with Gasteiger partial charge in [0.15, 0.2) is 0 Å². The van der Waals surface area contributed by atoms with Gasteiger partial charge < -0.3 is 10.4 Å². The number of aliphatic hydroxyl groups excluding tert-OH is 1. The van der Waals surface area contributed by atoms with Gasteiger partial charge in [-0.1, -0.05) is 30.9 Å². The van der Waals surface area contributed by atoms with Crippen LogP contribution in [0.2, 0.25) is 5.15 Å². The van der Waals surface area contributed by atoms with Crippen LogP contribution in [-0.2, 0) is 0 Å². The monoisotopic (exact) mass is 269 g/mol. The van der Waals surface area contributed by atoms with Gasteiger partial charge in [0.1, 0.15) is 17.3 Å². The lowest BCUT2D eigenvalue weighted by Crippen LogP contribution is -2.35. The van der Waals surface area contributed by atoms with Crippen LogP contribution in [0.5, 0.6) is 0 Å². The number of hydrogen-bond acceptors (Lipinski definition) is 4. The normalized spacial score (nSPS) is 18.6. The zero-order valence-corrected chi connectivity index (χ0v) is 11.5. The Balaban J connectivity index is 2.03. The molecule has 0 unspecified atom stereocenters. The van der Waals surface area contributed by atoms with Crippen molar-refractivity contribution in [2.45, 2.75) is 39.0 Å². The highest BCUT2D eigenvalue weighted by atomic mass is 35.5. The van der Waals surface area contributed by atoms with Gasteiger partial charge in [-0.15, -0.1) is 0 Å². The number of nitrogens with zero attached hydrogens (tertiary/aromatic N) is 2. The molecule has 0 amide bonds. The van der Waals surface area contributed by atoms with E-state index in [1.165, 1.54) is 25.6 Å². The Bertz CT molecular complexity index is 405. The highest BCUT2D eigenvalue weighted by Gasteiger charge is 2.31. The molecule has 0 aliphatic heterocycles. The summed E-state index contributed by atoms with van der Waals surface area (Å²) >= 11 is 5.96. The molecule has 1 fully saturated rings. The molecular weight excluding hydrogens is 250 g/mol. The van der Waals surface area contributed by atoms with Crippen molar-refractivity contribution < 1.29 is 5.11 Å². The van der Waals surface area contributed by atoms with Gasteiger partial charge in [0.2, 0.25) is 0 Å². The molecule has 1 aliphatic rings. The number of halogens is 1. The van der Waals surface area contributed by atoms with Gasteiger partial charge >= 0.3 is 0 Å². The zero-order chi connectivity index (χ0) is 13.0. The lowest BCUT2D eigenvalue weighted by atomic mass is 9.74. The van der Waals surface area contributed by atoms with E-state index < -0.39 is 0 Å². The molecule has 0 bridgehead atoms. The Hall–Kier alpha value is -0.870. The molecular formula is C13H20ClN3O. The minimum absolute atomic E-state index is 0.00210. The number of nitrogens with one attached hydrogen (secondary N) is 1. The fraction of sp³-hybridized carbons (Fsp3) is 0.692. The standard InChI is InChI=1S/C13H20ClN3O/c1-10-11(14)16-9-17-12(10)15-7-13(8-18)5-3-2-4-6-13/h9,18H,2-8H2,1H3,(H,15,16,17). The molecule has 1 aromatic heterocycles. The number of hydrogen-bond donors (Lipinski definition) is 2. The molecule has 0 saturated heterocycles. The Morgan fingerprint density at radius 3 is 2.72 bits per heavy atom. The number of aromatic nitrogens is 2. The van der Waals surface area contributed by atoms with Gasteiger partial charge in [-0.25, -0.2) is 9.97 Å². The molecule has 100 valence electrons. The third-order valence-corrected chi connectivity index (χ3v) is 4.28. The van der Waals surface area contributed by atoms with E-state index in [1.807, 2.05) is 6.92 Å². The van der Waals surface area contributed by atoms with Crippen molar-refractivity contribution in [3.8, 4) is 0 Å². The van der Waals surface area contributed by atoms with Crippen LogP contribution in [0.3, 0.4) is 0 Å². The fourth-order valence-corrected chi connectivity index (χ4v) is 2.70. The Morgan fingerprint density at radius 1 is 1.33 bits per heavy atom. The summed E-state index contributed by atoms with van der Waals surface area (Å²) in [4.78, 5) is 8.14. The van der Waals surface area contributed by atoms with E-state index in [0.717, 1.165) is 30.8 Å². The SMILES string of the molecule is Cc1c(Cl)ncnc1NCC1(CO)CCCCC1. The number of aliphatic hydroxyl groups is 1. The van der Waals surface area contributed by atoms with Crippen LogP contribution in [0.1, 0.15) is 37.7 Å². The van der Waals surface area contributed by atoms with Crippen molar-refractivity contribution >= 4 is 17.4 Å². The number of anilines is 1. The minimum atomic E-state index is 0.00210. The third-order valence-electron chi connectivity index (χ3n) is 3.90. The highest BCUT2D eigenvalue weighted by Crippen LogP contribution is 2.36. The fourth-order valence-electron chi connectivity index (χ4n) is 2.57. The Kier molecular flexibility index (Phi) is 4.40. The van der Waals surface area contributed by atoms with Crippen LogP contribution >= 0.6 is 11.6 Å². The summed E-state index contributed by atoms with van der Waals surface area (Å²) in [7, 11) is 0. The summed E-state index contributed by atoms with van der Waals surface area (Å²) in [5.41, 5.74) is 0.866. The van der Waals surface area contributed by atoms with E-state index in [4.69, 9.17) is 11.6 Å². The number of rotatable bonds is 4. The third kappa shape index (κ3) is 2.93. The lowest BCUT2D eigenvalue weighted by Gasteiger charge is -2.36. The zero-order valence-electron chi connectivity index (χ0n) is 10.7. The summed E-state index contributed by atoms with van der Waals surface area (Å²) in [5, 5.41) is 13.4. The molecule has 1 saturated carbocycles. The first kappa shape index (κ1) is 13.6. The first-order valence-electron chi connectivity index (χ1n) is 6.49.